The van der Waals surface area contributed by atoms with Crippen LogP contribution in [-0.2, 0) is 17.8 Å². The van der Waals surface area contributed by atoms with E-state index in [-0.39, 0.29) is 30.4 Å². The highest BCUT2D eigenvalue weighted by molar-refractivity contribution is 5.91. The minimum atomic E-state index is -1.04. The summed E-state index contributed by atoms with van der Waals surface area (Å²) in [5.41, 5.74) is 2.54. The Morgan fingerprint density at radius 2 is 1.90 bits per heavy atom. The first-order valence-electron chi connectivity index (χ1n) is 9.16. The molecule has 1 aromatic heterocycles. The van der Waals surface area contributed by atoms with Crippen molar-refractivity contribution >= 4 is 11.7 Å². The molecule has 0 radical (unpaired) electrons. The van der Waals surface area contributed by atoms with Crippen molar-refractivity contribution in [3.8, 4) is 5.75 Å². The lowest BCUT2D eigenvalue weighted by molar-refractivity contribution is -0.115. The van der Waals surface area contributed by atoms with E-state index in [0.717, 1.165) is 11.6 Å². The molecule has 3 aromatic rings. The van der Waals surface area contributed by atoms with Crippen LogP contribution >= 0.6 is 0 Å². The molecule has 0 unspecified atom stereocenters. The van der Waals surface area contributed by atoms with Gasteiger partial charge in [0.05, 0.1) is 26.3 Å². The first-order valence-corrected chi connectivity index (χ1v) is 9.16. The number of amides is 1. The molecule has 1 heterocycles. The van der Waals surface area contributed by atoms with Gasteiger partial charge in [0.15, 0.2) is 17.4 Å². The predicted molar refractivity (Wildman–Crippen MR) is 105 cm³/mol. The maximum atomic E-state index is 13.6. The number of ether oxygens (including phenoxy) is 1. The van der Waals surface area contributed by atoms with Gasteiger partial charge in [-0.15, -0.1) is 5.10 Å². The van der Waals surface area contributed by atoms with Gasteiger partial charge in [-0.25, -0.2) is 4.39 Å². The molecule has 0 saturated carbocycles. The molecule has 1 N–H and O–H groups in total. The van der Waals surface area contributed by atoms with E-state index in [1.165, 1.54) is 29.7 Å². The Balaban J connectivity index is 1.61. The summed E-state index contributed by atoms with van der Waals surface area (Å²) in [5.74, 6) is -1.75. The second-order valence-corrected chi connectivity index (χ2v) is 6.98. The van der Waals surface area contributed by atoms with Gasteiger partial charge in [-0.2, -0.15) is 14.3 Å². The van der Waals surface area contributed by atoms with Crippen LogP contribution in [0, 0.1) is 11.6 Å². The van der Waals surface area contributed by atoms with E-state index in [4.69, 9.17) is 4.74 Å². The van der Waals surface area contributed by atoms with Gasteiger partial charge in [-0.3, -0.25) is 4.79 Å². The highest BCUT2D eigenvalue weighted by atomic mass is 19.2. The van der Waals surface area contributed by atoms with Gasteiger partial charge in [0.2, 0.25) is 11.7 Å². The number of nitrogens with zero attached hydrogens (tertiary/aromatic N) is 3. The van der Waals surface area contributed by atoms with E-state index in [2.05, 4.69) is 29.4 Å². The lowest BCUT2D eigenvalue weighted by Crippen LogP contribution is -2.15. The Bertz CT molecular complexity index is 1000. The average molecular weight is 400 g/mol. The minimum Gasteiger partial charge on any atom is -0.494 e. The fourth-order valence-corrected chi connectivity index (χ4v) is 2.84. The van der Waals surface area contributed by atoms with E-state index in [0.29, 0.717) is 11.5 Å². The average Bonchev–Trinajstić information content (AvgIpc) is 3.11. The van der Waals surface area contributed by atoms with Crippen molar-refractivity contribution in [3.63, 3.8) is 0 Å². The number of carbonyl (C=O) groups excluding carboxylic acids is 1. The van der Waals surface area contributed by atoms with E-state index in [9.17, 15) is 13.6 Å². The molecule has 0 bridgehead atoms. The van der Waals surface area contributed by atoms with Crippen LogP contribution in [0.5, 0.6) is 5.75 Å². The summed E-state index contributed by atoms with van der Waals surface area (Å²) in [6.07, 6.45) is 1.61. The normalized spacial score (nSPS) is 11.0. The third-order valence-electron chi connectivity index (χ3n) is 4.41. The molecule has 0 aliphatic rings. The highest BCUT2D eigenvalue weighted by Crippen LogP contribution is 2.22. The molecular formula is C21H22F2N4O2. The molecule has 0 atom stereocenters. The fourth-order valence-electron chi connectivity index (χ4n) is 2.84. The SMILES string of the molecule is COc1cc(Cn2ncc(NC(=O)Cc3ccc(C(C)C)cc3)n2)cc(F)c1F. The van der Waals surface area contributed by atoms with Crippen LogP contribution in [-0.4, -0.2) is 28.0 Å². The van der Waals surface area contributed by atoms with Gasteiger partial charge in [-0.05, 0) is 34.7 Å². The largest absolute Gasteiger partial charge is 0.494 e. The maximum Gasteiger partial charge on any atom is 0.230 e. The van der Waals surface area contributed by atoms with Crippen molar-refractivity contribution < 1.29 is 18.3 Å². The van der Waals surface area contributed by atoms with E-state index in [1.807, 2.05) is 24.3 Å². The van der Waals surface area contributed by atoms with Gasteiger partial charge in [-0.1, -0.05) is 38.1 Å². The standard InChI is InChI=1S/C21H22F2N4O2/c1-13(2)16-6-4-14(5-7-16)10-20(28)25-19-11-24-27(26-19)12-15-8-17(22)21(23)18(9-15)29-3/h4-9,11,13H,10,12H2,1-3H3,(H,25,26,28). The van der Waals surface area contributed by atoms with Crippen molar-refractivity contribution in [1.29, 1.82) is 0 Å². The summed E-state index contributed by atoms with van der Waals surface area (Å²) >= 11 is 0. The van der Waals surface area contributed by atoms with Crippen LogP contribution < -0.4 is 10.1 Å². The van der Waals surface area contributed by atoms with Gasteiger partial charge in [0.1, 0.15) is 0 Å². The van der Waals surface area contributed by atoms with E-state index < -0.39 is 11.6 Å². The molecule has 2 aromatic carbocycles. The van der Waals surface area contributed by atoms with Crippen molar-refractivity contribution in [1.82, 2.24) is 15.0 Å². The highest BCUT2D eigenvalue weighted by Gasteiger charge is 2.13. The fraction of sp³-hybridized carbons (Fsp3) is 0.286. The molecule has 29 heavy (non-hydrogen) atoms. The first-order chi connectivity index (χ1) is 13.9. The number of carbonyl (C=O) groups is 1. The van der Waals surface area contributed by atoms with Crippen molar-refractivity contribution in [3.05, 3.63) is 70.9 Å². The predicted octanol–water partition coefficient (Wildman–Crippen LogP) is 3.92. The third-order valence-corrected chi connectivity index (χ3v) is 4.41. The summed E-state index contributed by atoms with van der Waals surface area (Å²) in [6.45, 7) is 4.32. The molecule has 0 aliphatic carbocycles. The summed E-state index contributed by atoms with van der Waals surface area (Å²) in [7, 11) is 1.26. The quantitative estimate of drug-likeness (QED) is 0.653. The number of hydrogen-bond donors (Lipinski definition) is 1. The van der Waals surface area contributed by atoms with Gasteiger partial charge in [0, 0.05) is 0 Å². The zero-order valence-electron chi connectivity index (χ0n) is 16.4. The monoisotopic (exact) mass is 400 g/mol. The zero-order valence-corrected chi connectivity index (χ0v) is 16.4. The summed E-state index contributed by atoms with van der Waals surface area (Å²) in [6, 6.07) is 10.3. The van der Waals surface area contributed by atoms with Crippen molar-refractivity contribution in [2.24, 2.45) is 0 Å². The number of rotatable bonds is 7. The van der Waals surface area contributed by atoms with E-state index >= 15 is 0 Å². The Kier molecular flexibility index (Phi) is 6.21. The lowest BCUT2D eigenvalue weighted by Gasteiger charge is -2.07. The number of aromatic nitrogens is 3. The van der Waals surface area contributed by atoms with Crippen molar-refractivity contribution in [2.75, 3.05) is 12.4 Å². The molecule has 3 rings (SSSR count). The molecule has 0 spiro atoms. The second-order valence-electron chi connectivity index (χ2n) is 6.98. The van der Waals surface area contributed by atoms with Crippen LogP contribution in [0.25, 0.3) is 0 Å². The first kappa shape index (κ1) is 20.4. The molecule has 1 amide bonds. The molecular weight excluding hydrogens is 378 g/mol. The van der Waals surface area contributed by atoms with Crippen molar-refractivity contribution in [2.45, 2.75) is 32.7 Å². The Labute approximate surface area is 167 Å². The zero-order chi connectivity index (χ0) is 21.0. The van der Waals surface area contributed by atoms with E-state index in [1.54, 1.807) is 0 Å². The summed E-state index contributed by atoms with van der Waals surface area (Å²) in [5, 5.41) is 10.9. The molecule has 0 fully saturated rings. The third kappa shape index (κ3) is 5.16. The number of halogens is 2. The molecule has 0 saturated heterocycles. The smallest absolute Gasteiger partial charge is 0.230 e. The van der Waals surface area contributed by atoms with Crippen LogP contribution in [0.1, 0.15) is 36.5 Å². The summed E-state index contributed by atoms with van der Waals surface area (Å²) in [4.78, 5) is 13.5. The van der Waals surface area contributed by atoms with Crippen LogP contribution in [0.4, 0.5) is 14.6 Å². The number of hydrogen-bond acceptors (Lipinski definition) is 4. The number of methoxy groups -OCH3 is 1. The lowest BCUT2D eigenvalue weighted by atomic mass is 10.0. The Morgan fingerprint density at radius 3 is 2.55 bits per heavy atom. The molecule has 6 nitrogen and oxygen atoms in total. The van der Waals surface area contributed by atoms with Crippen LogP contribution in [0.3, 0.4) is 0 Å². The molecule has 152 valence electrons. The minimum absolute atomic E-state index is 0.0973. The number of benzene rings is 2. The second kappa shape index (κ2) is 8.81. The number of anilines is 1. The molecule has 0 aliphatic heterocycles. The maximum absolute atomic E-state index is 13.6. The topological polar surface area (TPSA) is 69.0 Å². The summed E-state index contributed by atoms with van der Waals surface area (Å²) < 4.78 is 32.0. The Hall–Kier alpha value is -3.29. The van der Waals surface area contributed by atoms with Gasteiger partial charge in [0.25, 0.3) is 0 Å². The Morgan fingerprint density at radius 1 is 1.17 bits per heavy atom. The van der Waals surface area contributed by atoms with Gasteiger partial charge < -0.3 is 10.1 Å². The number of nitrogens with one attached hydrogen (secondary N) is 1. The van der Waals surface area contributed by atoms with Crippen LogP contribution in [0.15, 0.2) is 42.6 Å². The van der Waals surface area contributed by atoms with Gasteiger partial charge >= 0.3 is 0 Å². The van der Waals surface area contributed by atoms with Crippen LogP contribution in [0.2, 0.25) is 0 Å². The molecule has 8 heteroatoms.